The summed E-state index contributed by atoms with van der Waals surface area (Å²) in [6.07, 6.45) is -1.04. The Labute approximate surface area is 98.5 Å². The minimum atomic E-state index is -2.49. The van der Waals surface area contributed by atoms with Crippen LogP contribution in [0.3, 0.4) is 0 Å². The number of aryl methyl sites for hydroxylation is 1. The van der Waals surface area contributed by atoms with Crippen molar-refractivity contribution in [3.8, 4) is 0 Å². The van der Waals surface area contributed by atoms with Crippen LogP contribution in [0.5, 0.6) is 0 Å². The fourth-order valence-corrected chi connectivity index (χ4v) is 1.61. The van der Waals surface area contributed by atoms with Gasteiger partial charge in [-0.15, -0.1) is 0 Å². The van der Waals surface area contributed by atoms with Crippen LogP contribution >= 0.6 is 0 Å². The lowest BCUT2D eigenvalue weighted by molar-refractivity contribution is 0.152. The summed E-state index contributed by atoms with van der Waals surface area (Å²) in [7, 11) is 0. The molecule has 1 rings (SSSR count). The van der Waals surface area contributed by atoms with E-state index < -0.39 is 13.0 Å². The van der Waals surface area contributed by atoms with Crippen molar-refractivity contribution in [1.82, 2.24) is 4.98 Å². The van der Waals surface area contributed by atoms with E-state index in [0.717, 1.165) is 0 Å². The van der Waals surface area contributed by atoms with Crippen LogP contribution in [0.25, 0.3) is 0 Å². The average molecular weight is 246 g/mol. The Morgan fingerprint density at radius 1 is 1.41 bits per heavy atom. The molecule has 0 spiro atoms. The van der Waals surface area contributed by atoms with E-state index in [0.29, 0.717) is 16.9 Å². The molecule has 1 aromatic rings. The van der Waals surface area contributed by atoms with Crippen molar-refractivity contribution < 1.29 is 19.0 Å². The first kappa shape index (κ1) is 13.8. The number of nitrogens with zero attached hydrogens (tertiary/aromatic N) is 2. The highest BCUT2D eigenvalue weighted by atomic mass is 19.3. The molecule has 1 heterocycles. The largest absolute Gasteiger partial charge is 0.395 e. The predicted molar refractivity (Wildman–Crippen MR) is 60.2 cm³/mol. The summed E-state index contributed by atoms with van der Waals surface area (Å²) in [5.74, 6) is 0.413. The van der Waals surface area contributed by atoms with Crippen molar-refractivity contribution in [2.45, 2.75) is 20.0 Å². The highest BCUT2D eigenvalue weighted by molar-refractivity contribution is 5.47. The summed E-state index contributed by atoms with van der Waals surface area (Å²) < 4.78 is 24.8. The number of alkyl halides is 2. The van der Waals surface area contributed by atoms with Gasteiger partial charge in [0.05, 0.1) is 19.8 Å². The number of pyridine rings is 1. The molecule has 4 nitrogen and oxygen atoms in total. The number of anilines is 1. The van der Waals surface area contributed by atoms with E-state index >= 15 is 0 Å². The van der Waals surface area contributed by atoms with Gasteiger partial charge in [-0.2, -0.15) is 0 Å². The minimum Gasteiger partial charge on any atom is -0.395 e. The number of hydrogen-bond acceptors (Lipinski definition) is 4. The Balaban J connectivity index is 2.93. The fourth-order valence-electron chi connectivity index (χ4n) is 1.61. The van der Waals surface area contributed by atoms with Crippen LogP contribution in [0.1, 0.15) is 11.1 Å². The van der Waals surface area contributed by atoms with Gasteiger partial charge in [0.25, 0.3) is 6.43 Å². The lowest BCUT2D eigenvalue weighted by Crippen LogP contribution is -2.32. The van der Waals surface area contributed by atoms with Gasteiger partial charge in [-0.25, -0.2) is 13.8 Å². The summed E-state index contributed by atoms with van der Waals surface area (Å²) in [4.78, 5) is 5.38. The summed E-state index contributed by atoms with van der Waals surface area (Å²) in [6, 6.07) is 1.69. The average Bonchev–Trinajstić information content (AvgIpc) is 2.27. The third-order valence-electron chi connectivity index (χ3n) is 2.32. The molecule has 0 fully saturated rings. The topological polar surface area (TPSA) is 56.6 Å². The maximum absolute atomic E-state index is 12.4. The summed E-state index contributed by atoms with van der Waals surface area (Å²) >= 11 is 0. The van der Waals surface area contributed by atoms with Gasteiger partial charge in [0, 0.05) is 12.7 Å². The van der Waals surface area contributed by atoms with Crippen molar-refractivity contribution >= 4 is 5.82 Å². The van der Waals surface area contributed by atoms with Crippen molar-refractivity contribution in [3.63, 3.8) is 0 Å². The maximum atomic E-state index is 12.4. The van der Waals surface area contributed by atoms with Gasteiger partial charge < -0.3 is 15.1 Å². The molecular weight excluding hydrogens is 230 g/mol. The molecule has 6 heteroatoms. The van der Waals surface area contributed by atoms with Gasteiger partial charge in [0.1, 0.15) is 5.82 Å². The van der Waals surface area contributed by atoms with Gasteiger partial charge in [-0.3, -0.25) is 0 Å². The van der Waals surface area contributed by atoms with E-state index in [4.69, 9.17) is 10.2 Å². The lowest BCUT2D eigenvalue weighted by atomic mass is 10.2. The van der Waals surface area contributed by atoms with Crippen molar-refractivity contribution in [2.75, 3.05) is 24.6 Å². The summed E-state index contributed by atoms with van der Waals surface area (Å²) in [5, 5.41) is 17.8. The molecule has 0 aliphatic rings. The summed E-state index contributed by atoms with van der Waals surface area (Å²) in [6.45, 7) is 1.03. The van der Waals surface area contributed by atoms with Crippen LogP contribution in [-0.2, 0) is 6.61 Å². The first-order valence-electron chi connectivity index (χ1n) is 5.28. The molecule has 0 unspecified atom stereocenters. The van der Waals surface area contributed by atoms with Crippen LogP contribution in [0.4, 0.5) is 14.6 Å². The van der Waals surface area contributed by atoms with Crippen LogP contribution in [0.15, 0.2) is 12.3 Å². The molecule has 96 valence electrons. The van der Waals surface area contributed by atoms with Gasteiger partial charge >= 0.3 is 0 Å². The first-order chi connectivity index (χ1) is 8.08. The zero-order valence-electron chi connectivity index (χ0n) is 9.61. The van der Waals surface area contributed by atoms with Crippen molar-refractivity contribution in [3.05, 3.63) is 23.4 Å². The van der Waals surface area contributed by atoms with Crippen LogP contribution in [0, 0.1) is 6.92 Å². The first-order valence-corrected chi connectivity index (χ1v) is 5.28. The Bertz CT molecular complexity index is 361. The third kappa shape index (κ3) is 3.90. The third-order valence-corrected chi connectivity index (χ3v) is 2.32. The van der Waals surface area contributed by atoms with Crippen LogP contribution in [-0.4, -0.2) is 41.3 Å². The van der Waals surface area contributed by atoms with E-state index in [-0.39, 0.29) is 19.8 Å². The van der Waals surface area contributed by atoms with Crippen molar-refractivity contribution in [1.29, 1.82) is 0 Å². The molecule has 0 atom stereocenters. The molecule has 2 N–H and O–H groups in total. The Morgan fingerprint density at radius 2 is 2.12 bits per heavy atom. The molecule has 0 amide bonds. The monoisotopic (exact) mass is 246 g/mol. The normalized spacial score (nSPS) is 10.9. The minimum absolute atomic E-state index is 0.108. The Morgan fingerprint density at radius 3 is 2.59 bits per heavy atom. The van der Waals surface area contributed by atoms with E-state index in [2.05, 4.69) is 4.98 Å². The van der Waals surface area contributed by atoms with Crippen LogP contribution in [0.2, 0.25) is 0 Å². The van der Waals surface area contributed by atoms with E-state index in [1.165, 1.54) is 11.1 Å². The number of aliphatic hydroxyl groups is 2. The number of aromatic nitrogens is 1. The molecule has 0 aliphatic carbocycles. The predicted octanol–water partition coefficient (Wildman–Crippen LogP) is 0.946. The zero-order valence-corrected chi connectivity index (χ0v) is 9.61. The quantitative estimate of drug-likeness (QED) is 0.784. The Hall–Kier alpha value is -1.27. The smallest absolute Gasteiger partial charge is 0.255 e. The fraction of sp³-hybridized carbons (Fsp3) is 0.545. The molecular formula is C11H16F2N2O2. The standard InChI is InChI=1S/C11H16F2N2O2/c1-8-4-9(7-17)5-14-11(8)15(2-3-16)6-10(12)13/h4-5,10,16-17H,2-3,6-7H2,1H3. The second kappa shape index (κ2) is 6.46. The van der Waals surface area contributed by atoms with Crippen LogP contribution < -0.4 is 4.90 Å². The highest BCUT2D eigenvalue weighted by Crippen LogP contribution is 2.18. The van der Waals surface area contributed by atoms with E-state index in [9.17, 15) is 8.78 Å². The number of aliphatic hydroxyl groups excluding tert-OH is 2. The number of halogens is 2. The van der Waals surface area contributed by atoms with Gasteiger partial charge in [0.2, 0.25) is 0 Å². The molecule has 0 saturated carbocycles. The van der Waals surface area contributed by atoms with Gasteiger partial charge in [0.15, 0.2) is 0 Å². The van der Waals surface area contributed by atoms with E-state index in [1.807, 2.05) is 0 Å². The highest BCUT2D eigenvalue weighted by Gasteiger charge is 2.15. The van der Waals surface area contributed by atoms with Gasteiger partial charge in [-0.05, 0) is 24.1 Å². The molecule has 1 aromatic heterocycles. The summed E-state index contributed by atoms with van der Waals surface area (Å²) in [5.41, 5.74) is 1.33. The number of hydrogen-bond donors (Lipinski definition) is 2. The molecule has 0 aromatic carbocycles. The maximum Gasteiger partial charge on any atom is 0.255 e. The molecule has 0 bridgehead atoms. The zero-order chi connectivity index (χ0) is 12.8. The number of rotatable bonds is 6. The molecule has 0 aliphatic heterocycles. The molecule has 0 saturated heterocycles. The van der Waals surface area contributed by atoms with E-state index in [1.54, 1.807) is 13.0 Å². The second-order valence-corrected chi connectivity index (χ2v) is 3.70. The SMILES string of the molecule is Cc1cc(CO)cnc1N(CCO)CC(F)F. The van der Waals surface area contributed by atoms with Gasteiger partial charge in [-0.1, -0.05) is 0 Å². The molecule has 0 radical (unpaired) electrons. The Kier molecular flexibility index (Phi) is 5.24. The second-order valence-electron chi connectivity index (χ2n) is 3.70. The lowest BCUT2D eigenvalue weighted by Gasteiger charge is -2.24. The van der Waals surface area contributed by atoms with Crippen molar-refractivity contribution in [2.24, 2.45) is 0 Å². The molecule has 17 heavy (non-hydrogen) atoms.